The van der Waals surface area contributed by atoms with Crippen molar-refractivity contribution >= 4 is 86.4 Å². The minimum Gasteiger partial charge on any atom is -0.248 e. The lowest BCUT2D eigenvalue weighted by molar-refractivity contribution is 1.42. The number of benzene rings is 10. The first-order chi connectivity index (χ1) is 27.8. The molecule has 10 aromatic carbocycles. The predicted molar refractivity (Wildman–Crippen MR) is 238 cm³/mol. The quantitative estimate of drug-likeness (QED) is 0.171. The maximum Gasteiger partial charge on any atom is 0.0722 e. The molecule has 0 N–H and O–H groups in total. The highest BCUT2D eigenvalue weighted by Crippen LogP contribution is 2.50. The molecule has 12 rings (SSSR count). The normalized spacial score (nSPS) is 11.9. The van der Waals surface area contributed by atoms with Gasteiger partial charge in [0.25, 0.3) is 0 Å². The van der Waals surface area contributed by atoms with Gasteiger partial charge < -0.3 is 0 Å². The largest absolute Gasteiger partial charge is 0.248 e. The van der Waals surface area contributed by atoms with Crippen LogP contribution in [-0.4, -0.2) is 9.97 Å². The van der Waals surface area contributed by atoms with E-state index in [4.69, 9.17) is 9.97 Å². The van der Waals surface area contributed by atoms with Gasteiger partial charge in [-0.05, 0) is 112 Å². The maximum atomic E-state index is 5.37. The van der Waals surface area contributed by atoms with Crippen molar-refractivity contribution in [1.29, 1.82) is 0 Å². The van der Waals surface area contributed by atoms with Crippen LogP contribution in [0.4, 0.5) is 0 Å². The van der Waals surface area contributed by atoms with Gasteiger partial charge in [-0.2, -0.15) is 0 Å². The first kappa shape index (κ1) is 31.0. The standard InChI is InChI=1S/C54H32N2/c1-3-15-35-31-49-37(29-33(35)13-1)25-27-47(55-49)51-39-17-5-9-21-43(39)53(44-22-10-6-18-40(44)51)54-45-23-11-7-19-41(45)52(42-20-8-12-24-46(42)54)48-28-26-38-30-34-14-2-4-16-36(34)32-50(38)56-48/h1-32H. The van der Waals surface area contributed by atoms with Crippen molar-refractivity contribution in [1.82, 2.24) is 9.97 Å². The lowest BCUT2D eigenvalue weighted by atomic mass is 9.82. The fraction of sp³-hybridized carbons (Fsp3) is 0. The van der Waals surface area contributed by atoms with Gasteiger partial charge in [-0.15, -0.1) is 0 Å². The Bertz CT molecular complexity index is 3250. The second-order valence-corrected chi connectivity index (χ2v) is 14.9. The van der Waals surface area contributed by atoms with Crippen molar-refractivity contribution in [3.8, 4) is 33.6 Å². The van der Waals surface area contributed by atoms with Crippen molar-refractivity contribution in [3.05, 3.63) is 194 Å². The molecule has 2 heteroatoms. The molecule has 0 unspecified atom stereocenters. The monoisotopic (exact) mass is 708 g/mol. The molecule has 2 nitrogen and oxygen atoms in total. The molecule has 2 aromatic heterocycles. The summed E-state index contributed by atoms with van der Waals surface area (Å²) in [7, 11) is 0. The van der Waals surface area contributed by atoms with Gasteiger partial charge in [0.1, 0.15) is 0 Å². The van der Waals surface area contributed by atoms with Crippen LogP contribution in [0.3, 0.4) is 0 Å². The van der Waals surface area contributed by atoms with Crippen LogP contribution in [-0.2, 0) is 0 Å². The average Bonchev–Trinajstić information content (AvgIpc) is 3.26. The summed E-state index contributed by atoms with van der Waals surface area (Å²) < 4.78 is 0. The zero-order valence-corrected chi connectivity index (χ0v) is 30.4. The zero-order chi connectivity index (χ0) is 36.7. The Hall–Kier alpha value is -7.42. The molecule has 0 saturated carbocycles. The van der Waals surface area contributed by atoms with E-state index in [1.165, 1.54) is 75.8 Å². The molecular formula is C54H32N2. The van der Waals surface area contributed by atoms with Gasteiger partial charge in [-0.1, -0.05) is 158 Å². The van der Waals surface area contributed by atoms with E-state index in [0.717, 1.165) is 44.3 Å². The minimum atomic E-state index is 0.979. The van der Waals surface area contributed by atoms with Crippen molar-refractivity contribution in [2.24, 2.45) is 0 Å². The van der Waals surface area contributed by atoms with Gasteiger partial charge in [-0.25, -0.2) is 9.97 Å². The van der Waals surface area contributed by atoms with E-state index >= 15 is 0 Å². The summed E-state index contributed by atoms with van der Waals surface area (Å²) in [5.41, 5.74) is 8.76. The van der Waals surface area contributed by atoms with Crippen LogP contribution in [0.1, 0.15) is 0 Å². The van der Waals surface area contributed by atoms with Crippen LogP contribution < -0.4 is 0 Å². The van der Waals surface area contributed by atoms with Crippen LogP contribution in [0, 0.1) is 0 Å². The molecule has 0 radical (unpaired) electrons. The van der Waals surface area contributed by atoms with Gasteiger partial charge in [0.05, 0.1) is 22.4 Å². The molecule has 56 heavy (non-hydrogen) atoms. The fourth-order valence-corrected chi connectivity index (χ4v) is 9.25. The van der Waals surface area contributed by atoms with E-state index in [1.54, 1.807) is 0 Å². The highest BCUT2D eigenvalue weighted by atomic mass is 14.7. The Morgan fingerprint density at radius 1 is 0.214 bits per heavy atom. The lowest BCUT2D eigenvalue weighted by Crippen LogP contribution is -1.96. The van der Waals surface area contributed by atoms with E-state index in [0.29, 0.717) is 0 Å². The summed E-state index contributed by atoms with van der Waals surface area (Å²) in [5, 5.41) is 16.7. The highest BCUT2D eigenvalue weighted by molar-refractivity contribution is 6.30. The predicted octanol–water partition coefficient (Wildman–Crippen LogP) is 14.7. The molecule has 12 aromatic rings. The third kappa shape index (κ3) is 4.63. The SMILES string of the molecule is c1ccc2cc3nc(-c4c5ccccc5c(-c5c6ccccc6c(-c6ccc7cc8ccccc8cc7n6)c6ccccc56)c5ccccc45)ccc3cc2c1. The number of aromatic nitrogens is 2. The highest BCUT2D eigenvalue weighted by Gasteiger charge is 2.23. The number of hydrogen-bond acceptors (Lipinski definition) is 2. The van der Waals surface area contributed by atoms with E-state index in [-0.39, 0.29) is 0 Å². The zero-order valence-electron chi connectivity index (χ0n) is 30.4. The Kier molecular flexibility index (Phi) is 6.66. The van der Waals surface area contributed by atoms with Crippen molar-refractivity contribution in [2.45, 2.75) is 0 Å². The van der Waals surface area contributed by atoms with Crippen LogP contribution in [0.2, 0.25) is 0 Å². The molecule has 0 atom stereocenters. The van der Waals surface area contributed by atoms with Crippen LogP contribution >= 0.6 is 0 Å². The third-order valence-electron chi connectivity index (χ3n) is 11.7. The van der Waals surface area contributed by atoms with Gasteiger partial charge in [-0.3, -0.25) is 0 Å². The molecule has 2 heterocycles. The molecule has 0 fully saturated rings. The topological polar surface area (TPSA) is 25.8 Å². The molecule has 0 bridgehead atoms. The Morgan fingerprint density at radius 2 is 0.482 bits per heavy atom. The van der Waals surface area contributed by atoms with Gasteiger partial charge >= 0.3 is 0 Å². The number of pyridine rings is 2. The Morgan fingerprint density at radius 3 is 0.804 bits per heavy atom. The minimum absolute atomic E-state index is 0.979. The second-order valence-electron chi connectivity index (χ2n) is 14.9. The van der Waals surface area contributed by atoms with E-state index in [9.17, 15) is 0 Å². The lowest BCUT2D eigenvalue weighted by Gasteiger charge is -2.22. The smallest absolute Gasteiger partial charge is 0.0722 e. The molecule has 0 amide bonds. The molecule has 258 valence electrons. The number of nitrogens with zero attached hydrogens (tertiary/aromatic N) is 2. The maximum absolute atomic E-state index is 5.37. The van der Waals surface area contributed by atoms with Gasteiger partial charge in [0.15, 0.2) is 0 Å². The van der Waals surface area contributed by atoms with Crippen molar-refractivity contribution in [3.63, 3.8) is 0 Å². The summed E-state index contributed by atoms with van der Waals surface area (Å²) in [6.07, 6.45) is 0. The summed E-state index contributed by atoms with van der Waals surface area (Å²) in [6, 6.07) is 70.4. The summed E-state index contributed by atoms with van der Waals surface area (Å²) in [4.78, 5) is 10.7. The molecule has 0 saturated heterocycles. The van der Waals surface area contributed by atoms with Crippen molar-refractivity contribution < 1.29 is 0 Å². The fourth-order valence-electron chi connectivity index (χ4n) is 9.25. The second kappa shape index (κ2) is 12.0. The van der Waals surface area contributed by atoms with Crippen LogP contribution in [0.15, 0.2) is 194 Å². The molecular weight excluding hydrogens is 677 g/mol. The Balaban J connectivity index is 1.16. The average molecular weight is 709 g/mol. The van der Waals surface area contributed by atoms with Crippen LogP contribution in [0.5, 0.6) is 0 Å². The molecule has 0 aliphatic carbocycles. The molecule has 0 aliphatic rings. The molecule has 0 aliphatic heterocycles. The Labute approximate surface area is 322 Å². The summed E-state index contributed by atoms with van der Waals surface area (Å²) in [5.74, 6) is 0. The number of rotatable bonds is 3. The van der Waals surface area contributed by atoms with Crippen molar-refractivity contribution in [2.75, 3.05) is 0 Å². The van der Waals surface area contributed by atoms with Crippen LogP contribution in [0.25, 0.3) is 120 Å². The van der Waals surface area contributed by atoms with E-state index in [2.05, 4.69) is 194 Å². The van der Waals surface area contributed by atoms with E-state index in [1.807, 2.05) is 0 Å². The first-order valence-corrected chi connectivity index (χ1v) is 19.2. The van der Waals surface area contributed by atoms with Gasteiger partial charge in [0.2, 0.25) is 0 Å². The summed E-state index contributed by atoms with van der Waals surface area (Å²) in [6.45, 7) is 0. The van der Waals surface area contributed by atoms with E-state index < -0.39 is 0 Å². The number of hydrogen-bond donors (Lipinski definition) is 0. The van der Waals surface area contributed by atoms with Gasteiger partial charge in [0, 0.05) is 21.9 Å². The third-order valence-corrected chi connectivity index (χ3v) is 11.7. The molecule has 0 spiro atoms. The number of fused-ring (bicyclic) bond motifs is 8. The first-order valence-electron chi connectivity index (χ1n) is 19.2. The summed E-state index contributed by atoms with van der Waals surface area (Å²) >= 11 is 0.